The van der Waals surface area contributed by atoms with E-state index in [0.29, 0.717) is 32.4 Å². The second-order valence-electron chi connectivity index (χ2n) is 6.37. The van der Waals surface area contributed by atoms with Gasteiger partial charge in [-0.2, -0.15) is 0 Å². The van der Waals surface area contributed by atoms with Crippen molar-refractivity contribution in [1.29, 1.82) is 0 Å². The van der Waals surface area contributed by atoms with Gasteiger partial charge in [0.25, 0.3) is 0 Å². The van der Waals surface area contributed by atoms with Crippen LogP contribution in [0.4, 0.5) is 0 Å². The second-order valence-corrected chi connectivity index (χ2v) is 6.37. The number of likely N-dealkylation sites (tertiary alicyclic amines) is 1. The van der Waals surface area contributed by atoms with Crippen LogP contribution in [-0.4, -0.2) is 41.9 Å². The van der Waals surface area contributed by atoms with Crippen molar-refractivity contribution in [2.75, 3.05) is 13.1 Å². The highest BCUT2D eigenvalue weighted by atomic mass is 16.2. The van der Waals surface area contributed by atoms with Crippen LogP contribution in [0.1, 0.15) is 36.5 Å². The van der Waals surface area contributed by atoms with E-state index in [-0.39, 0.29) is 17.9 Å². The maximum Gasteiger partial charge on any atom is 0.242 e. The number of hydrogen-bond acceptors (Lipinski definition) is 3. The second kappa shape index (κ2) is 7.59. The number of rotatable bonds is 5. The van der Waals surface area contributed by atoms with Crippen LogP contribution in [0.2, 0.25) is 0 Å². The highest BCUT2D eigenvalue weighted by molar-refractivity contribution is 5.88. The minimum absolute atomic E-state index is 0.00688. The number of likely N-dealkylation sites (N-methyl/N-ethyl adjacent to an activating group) is 1. The summed E-state index contributed by atoms with van der Waals surface area (Å²) in [7, 11) is 0. The zero-order chi connectivity index (χ0) is 17.0. The van der Waals surface area contributed by atoms with Crippen LogP contribution < -0.4 is 11.1 Å². The van der Waals surface area contributed by atoms with Gasteiger partial charge in [-0.1, -0.05) is 18.2 Å². The molecule has 1 aliphatic rings. The monoisotopic (exact) mass is 317 g/mol. The summed E-state index contributed by atoms with van der Waals surface area (Å²) in [6.45, 7) is 7.06. The fourth-order valence-electron chi connectivity index (χ4n) is 3.04. The smallest absolute Gasteiger partial charge is 0.242 e. The van der Waals surface area contributed by atoms with E-state index in [1.807, 2.05) is 6.92 Å². The lowest BCUT2D eigenvalue weighted by molar-refractivity contribution is -0.138. The Labute approximate surface area is 138 Å². The largest absolute Gasteiger partial charge is 0.355 e. The quantitative estimate of drug-likeness (QED) is 0.859. The molecule has 5 nitrogen and oxygen atoms in total. The Hall–Kier alpha value is -1.88. The molecule has 1 fully saturated rings. The fourth-order valence-corrected chi connectivity index (χ4v) is 3.04. The Kier molecular flexibility index (Phi) is 5.77. The van der Waals surface area contributed by atoms with Gasteiger partial charge in [-0.25, -0.2) is 0 Å². The predicted octanol–water partition coefficient (Wildman–Crippen LogP) is 1.30. The molecule has 1 saturated heterocycles. The van der Waals surface area contributed by atoms with Crippen molar-refractivity contribution in [2.24, 2.45) is 5.73 Å². The molecule has 0 spiro atoms. The van der Waals surface area contributed by atoms with Gasteiger partial charge in [0.15, 0.2) is 0 Å². The molecule has 0 saturated carbocycles. The molecule has 3 N–H and O–H groups in total. The van der Waals surface area contributed by atoms with E-state index in [4.69, 9.17) is 5.73 Å². The van der Waals surface area contributed by atoms with Crippen LogP contribution in [0.25, 0.3) is 0 Å². The number of nitrogens with zero attached hydrogens (tertiary/aromatic N) is 1. The van der Waals surface area contributed by atoms with Gasteiger partial charge in [0.2, 0.25) is 11.8 Å². The minimum atomic E-state index is -0.419. The van der Waals surface area contributed by atoms with E-state index < -0.39 is 6.04 Å². The Morgan fingerprint density at radius 3 is 2.70 bits per heavy atom. The van der Waals surface area contributed by atoms with E-state index >= 15 is 0 Å². The van der Waals surface area contributed by atoms with E-state index in [9.17, 15) is 9.59 Å². The van der Waals surface area contributed by atoms with Gasteiger partial charge in [0.05, 0.1) is 0 Å². The molecule has 0 aromatic heterocycles. The molecular formula is C18H27N3O2. The van der Waals surface area contributed by atoms with Crippen molar-refractivity contribution < 1.29 is 9.59 Å². The number of aryl methyl sites for hydroxylation is 3. The Balaban J connectivity index is 1.98. The minimum Gasteiger partial charge on any atom is -0.355 e. The van der Waals surface area contributed by atoms with Crippen molar-refractivity contribution in [3.8, 4) is 0 Å². The Morgan fingerprint density at radius 1 is 1.30 bits per heavy atom. The van der Waals surface area contributed by atoms with E-state index in [0.717, 1.165) is 5.56 Å². The molecule has 126 valence electrons. The predicted molar refractivity (Wildman–Crippen MR) is 91.0 cm³/mol. The van der Waals surface area contributed by atoms with Crippen LogP contribution in [0, 0.1) is 13.8 Å². The van der Waals surface area contributed by atoms with Crippen LogP contribution in [0.3, 0.4) is 0 Å². The van der Waals surface area contributed by atoms with E-state index in [2.05, 4.69) is 37.4 Å². The summed E-state index contributed by atoms with van der Waals surface area (Å²) in [6.07, 6.45) is 1.64. The molecule has 0 aliphatic carbocycles. The number of nitrogens with two attached hydrogens (primary N) is 1. The highest BCUT2D eigenvalue weighted by Gasteiger charge is 2.37. The van der Waals surface area contributed by atoms with Crippen molar-refractivity contribution in [3.05, 3.63) is 34.9 Å². The molecule has 2 atom stereocenters. The lowest BCUT2D eigenvalue weighted by Crippen LogP contribution is -2.46. The average molecular weight is 317 g/mol. The van der Waals surface area contributed by atoms with Gasteiger partial charge >= 0.3 is 0 Å². The Bertz CT molecular complexity index is 586. The zero-order valence-corrected chi connectivity index (χ0v) is 14.3. The van der Waals surface area contributed by atoms with Crippen LogP contribution >= 0.6 is 0 Å². The van der Waals surface area contributed by atoms with Gasteiger partial charge in [-0.3, -0.25) is 9.59 Å². The molecule has 1 aromatic carbocycles. The first-order chi connectivity index (χ1) is 10.9. The van der Waals surface area contributed by atoms with Crippen LogP contribution in [-0.2, 0) is 16.0 Å². The number of benzene rings is 1. The van der Waals surface area contributed by atoms with Crippen LogP contribution in [0.15, 0.2) is 18.2 Å². The first kappa shape index (κ1) is 17.5. The van der Waals surface area contributed by atoms with Crippen molar-refractivity contribution in [1.82, 2.24) is 10.2 Å². The molecule has 2 rings (SSSR count). The molecule has 0 radical (unpaired) electrons. The normalized spacial score (nSPS) is 20.6. The number of hydrogen-bond donors (Lipinski definition) is 2. The lowest BCUT2D eigenvalue weighted by Gasteiger charge is -2.23. The van der Waals surface area contributed by atoms with Crippen molar-refractivity contribution >= 4 is 11.8 Å². The Morgan fingerprint density at radius 2 is 2.04 bits per heavy atom. The summed E-state index contributed by atoms with van der Waals surface area (Å²) in [5.74, 6) is -0.0904. The molecule has 1 aliphatic heterocycles. The summed E-state index contributed by atoms with van der Waals surface area (Å²) in [6, 6.07) is 5.73. The molecule has 1 heterocycles. The van der Waals surface area contributed by atoms with Gasteiger partial charge in [-0.05, 0) is 50.3 Å². The third kappa shape index (κ3) is 4.32. The zero-order valence-electron chi connectivity index (χ0n) is 14.3. The summed E-state index contributed by atoms with van der Waals surface area (Å²) in [5, 5.41) is 2.79. The summed E-state index contributed by atoms with van der Waals surface area (Å²) in [4.78, 5) is 26.3. The van der Waals surface area contributed by atoms with Crippen LogP contribution in [0.5, 0.6) is 0 Å². The van der Waals surface area contributed by atoms with Gasteiger partial charge in [0.1, 0.15) is 6.04 Å². The third-order valence-corrected chi connectivity index (χ3v) is 4.51. The number of amides is 2. The molecule has 5 heteroatoms. The van der Waals surface area contributed by atoms with E-state index in [1.165, 1.54) is 11.1 Å². The topological polar surface area (TPSA) is 75.4 Å². The fraction of sp³-hybridized carbons (Fsp3) is 0.556. The number of carbonyl (C=O) groups is 2. The molecule has 23 heavy (non-hydrogen) atoms. The lowest BCUT2D eigenvalue weighted by atomic mass is 10.0. The van der Waals surface area contributed by atoms with Gasteiger partial charge in [0, 0.05) is 25.6 Å². The SMILES string of the molecule is CCNC(=O)[C@@H]1C[C@H](N)CN1C(=O)CCc1ccc(C)c(C)c1. The first-order valence-electron chi connectivity index (χ1n) is 8.31. The standard InChI is InChI=1S/C18H27N3O2/c1-4-20-18(23)16-10-15(19)11-21(16)17(22)8-7-14-6-5-12(2)13(3)9-14/h5-6,9,15-16H,4,7-8,10-11,19H2,1-3H3,(H,20,23)/t15-,16-/m0/s1. The highest BCUT2D eigenvalue weighted by Crippen LogP contribution is 2.19. The van der Waals surface area contributed by atoms with Gasteiger partial charge < -0.3 is 16.0 Å². The third-order valence-electron chi connectivity index (χ3n) is 4.51. The molecule has 2 amide bonds. The average Bonchev–Trinajstić information content (AvgIpc) is 2.90. The summed E-state index contributed by atoms with van der Waals surface area (Å²) < 4.78 is 0. The molecule has 1 aromatic rings. The maximum atomic E-state index is 12.5. The number of carbonyl (C=O) groups excluding carboxylic acids is 2. The summed E-state index contributed by atoms with van der Waals surface area (Å²) >= 11 is 0. The van der Waals surface area contributed by atoms with E-state index in [1.54, 1.807) is 4.90 Å². The molecule has 0 bridgehead atoms. The van der Waals surface area contributed by atoms with Crippen molar-refractivity contribution in [3.63, 3.8) is 0 Å². The first-order valence-corrected chi connectivity index (χ1v) is 8.31. The van der Waals surface area contributed by atoms with Crippen molar-refractivity contribution in [2.45, 2.75) is 52.1 Å². The maximum absolute atomic E-state index is 12.5. The molecule has 0 unspecified atom stereocenters. The number of nitrogens with one attached hydrogen (secondary N) is 1. The van der Waals surface area contributed by atoms with Gasteiger partial charge in [-0.15, -0.1) is 0 Å². The summed E-state index contributed by atoms with van der Waals surface area (Å²) in [5.41, 5.74) is 9.60. The molecular weight excluding hydrogens is 290 g/mol.